The second-order valence-electron chi connectivity index (χ2n) is 6.37. The predicted octanol–water partition coefficient (Wildman–Crippen LogP) is 4.29. The minimum atomic E-state index is 0.362. The van der Waals surface area contributed by atoms with E-state index in [4.69, 9.17) is 0 Å². The fourth-order valence-electron chi connectivity index (χ4n) is 3.89. The molecular weight excluding hydrogens is 234 g/mol. The predicted molar refractivity (Wildman–Crippen MR) is 77.6 cm³/mol. The van der Waals surface area contributed by atoms with Crippen LogP contribution in [0.3, 0.4) is 0 Å². The molecule has 0 N–H and O–H groups in total. The highest BCUT2D eigenvalue weighted by Gasteiger charge is 2.23. The molecule has 0 atom stereocenters. The van der Waals surface area contributed by atoms with Crippen LogP contribution in [-0.4, -0.2) is 10.4 Å². The van der Waals surface area contributed by atoms with Crippen LogP contribution in [0.2, 0.25) is 0 Å². The van der Waals surface area contributed by atoms with Crippen molar-refractivity contribution in [3.8, 4) is 0 Å². The molecule has 1 heterocycles. The molecule has 2 aliphatic carbocycles. The fourth-order valence-corrected chi connectivity index (χ4v) is 3.89. The van der Waals surface area contributed by atoms with Crippen LogP contribution in [0, 0.1) is 12.8 Å². The van der Waals surface area contributed by atoms with Gasteiger partial charge in [0.25, 0.3) is 0 Å². The van der Waals surface area contributed by atoms with E-state index < -0.39 is 0 Å². The third kappa shape index (κ3) is 2.63. The molecule has 0 bridgehead atoms. The van der Waals surface area contributed by atoms with Crippen molar-refractivity contribution in [1.29, 1.82) is 0 Å². The van der Waals surface area contributed by atoms with Gasteiger partial charge in [-0.25, -0.2) is 0 Å². The second kappa shape index (κ2) is 5.52. The maximum Gasteiger partial charge on any atom is 0.164 e. The lowest BCUT2D eigenvalue weighted by Crippen LogP contribution is -2.16. The zero-order chi connectivity index (χ0) is 13.2. The Kier molecular flexibility index (Phi) is 3.76. The van der Waals surface area contributed by atoms with Crippen molar-refractivity contribution >= 4 is 5.78 Å². The number of carbonyl (C=O) groups excluding carboxylic acids is 1. The highest BCUT2D eigenvalue weighted by Crippen LogP contribution is 2.29. The topological polar surface area (TPSA) is 22.0 Å². The maximum atomic E-state index is 11.9. The summed E-state index contributed by atoms with van der Waals surface area (Å²) in [6.07, 6.45) is 11.3. The first-order chi connectivity index (χ1) is 9.25. The van der Waals surface area contributed by atoms with Crippen LogP contribution in [0.25, 0.3) is 0 Å². The van der Waals surface area contributed by atoms with E-state index in [9.17, 15) is 4.79 Å². The van der Waals surface area contributed by atoms with E-state index >= 15 is 0 Å². The number of aryl methyl sites for hydroxylation is 1. The largest absolute Gasteiger partial charge is 0.348 e. The van der Waals surface area contributed by atoms with Gasteiger partial charge in [0.15, 0.2) is 5.78 Å². The van der Waals surface area contributed by atoms with Crippen LogP contribution >= 0.6 is 0 Å². The van der Waals surface area contributed by atoms with E-state index in [0.717, 1.165) is 37.3 Å². The summed E-state index contributed by atoms with van der Waals surface area (Å²) < 4.78 is 2.43. The lowest BCUT2D eigenvalue weighted by molar-refractivity contribution is 0.0971. The number of aromatic nitrogens is 1. The highest BCUT2D eigenvalue weighted by atomic mass is 16.1. The van der Waals surface area contributed by atoms with Gasteiger partial charge in [0.05, 0.1) is 0 Å². The third-order valence-electron chi connectivity index (χ3n) is 5.02. The highest BCUT2D eigenvalue weighted by molar-refractivity contribution is 5.98. The lowest BCUT2D eigenvalue weighted by Gasteiger charge is -2.23. The Morgan fingerprint density at radius 2 is 1.95 bits per heavy atom. The van der Waals surface area contributed by atoms with Gasteiger partial charge >= 0.3 is 0 Å². The molecule has 2 nitrogen and oxygen atoms in total. The molecule has 3 rings (SSSR count). The minimum Gasteiger partial charge on any atom is -0.348 e. The van der Waals surface area contributed by atoms with Gasteiger partial charge in [0, 0.05) is 29.9 Å². The smallest absolute Gasteiger partial charge is 0.164 e. The zero-order valence-corrected chi connectivity index (χ0v) is 12.1. The van der Waals surface area contributed by atoms with Crippen LogP contribution in [0.4, 0.5) is 0 Å². The second-order valence-corrected chi connectivity index (χ2v) is 6.37. The number of hydrogen-bond donors (Lipinski definition) is 0. The van der Waals surface area contributed by atoms with Crippen LogP contribution in [0.1, 0.15) is 73.1 Å². The summed E-state index contributed by atoms with van der Waals surface area (Å²) in [5, 5.41) is 0. The van der Waals surface area contributed by atoms with Crippen molar-refractivity contribution in [2.75, 3.05) is 0 Å². The Balaban J connectivity index is 1.72. The Labute approximate surface area is 116 Å². The lowest BCUT2D eigenvalue weighted by atomic mass is 9.87. The normalized spacial score (nSPS) is 20.6. The molecule has 1 aromatic heterocycles. The first-order valence-corrected chi connectivity index (χ1v) is 7.98. The summed E-state index contributed by atoms with van der Waals surface area (Å²) in [7, 11) is 0. The van der Waals surface area contributed by atoms with E-state index in [-0.39, 0.29) is 0 Å². The average molecular weight is 259 g/mol. The zero-order valence-electron chi connectivity index (χ0n) is 12.1. The summed E-state index contributed by atoms with van der Waals surface area (Å²) in [5.41, 5.74) is 3.63. The first-order valence-electron chi connectivity index (χ1n) is 7.98. The molecule has 19 heavy (non-hydrogen) atoms. The van der Waals surface area contributed by atoms with Crippen LogP contribution in [-0.2, 0) is 13.0 Å². The van der Waals surface area contributed by atoms with Crippen LogP contribution < -0.4 is 0 Å². The van der Waals surface area contributed by atoms with Gasteiger partial charge in [-0.05, 0) is 38.2 Å². The molecule has 2 aliphatic rings. The van der Waals surface area contributed by atoms with Gasteiger partial charge in [-0.15, -0.1) is 0 Å². The Morgan fingerprint density at radius 1 is 1.16 bits per heavy atom. The molecule has 0 unspecified atom stereocenters. The van der Waals surface area contributed by atoms with Gasteiger partial charge in [0.2, 0.25) is 0 Å². The number of carbonyl (C=O) groups is 1. The molecular formula is C17H25NO. The molecule has 0 aliphatic heterocycles. The molecule has 0 saturated heterocycles. The van der Waals surface area contributed by atoms with Crippen molar-refractivity contribution in [2.45, 2.75) is 71.3 Å². The SMILES string of the molecule is Cc1cc2c(n1CCC1CCCCC1)CCCC2=O. The Bertz CT molecular complexity index is 466. The van der Waals surface area contributed by atoms with Crippen LogP contribution in [0.5, 0.6) is 0 Å². The molecule has 1 aromatic rings. The number of ketones is 1. The molecule has 0 radical (unpaired) electrons. The van der Waals surface area contributed by atoms with Crippen LogP contribution in [0.15, 0.2) is 6.07 Å². The number of nitrogens with zero attached hydrogens (tertiary/aromatic N) is 1. The fraction of sp³-hybridized carbons (Fsp3) is 0.706. The third-order valence-corrected chi connectivity index (χ3v) is 5.02. The van der Waals surface area contributed by atoms with Gasteiger partial charge in [-0.1, -0.05) is 32.1 Å². The van der Waals surface area contributed by atoms with E-state index in [0.29, 0.717) is 5.78 Å². The summed E-state index contributed by atoms with van der Waals surface area (Å²) >= 11 is 0. The molecule has 0 spiro atoms. The monoisotopic (exact) mass is 259 g/mol. The van der Waals surface area contributed by atoms with Crippen molar-refractivity contribution in [3.05, 3.63) is 23.0 Å². The summed E-state index contributed by atoms with van der Waals surface area (Å²) in [6.45, 7) is 3.28. The standard InChI is InChI=1S/C17H25NO/c1-13-12-15-16(8-5-9-17(15)19)18(13)11-10-14-6-3-2-4-7-14/h12,14H,2-11H2,1H3. The molecule has 104 valence electrons. The van der Waals surface area contributed by atoms with E-state index in [1.165, 1.54) is 49.9 Å². The van der Waals surface area contributed by atoms with Gasteiger partial charge < -0.3 is 4.57 Å². The Hall–Kier alpha value is -1.05. The van der Waals surface area contributed by atoms with Crippen molar-refractivity contribution < 1.29 is 4.79 Å². The van der Waals surface area contributed by atoms with Gasteiger partial charge in [-0.3, -0.25) is 4.79 Å². The van der Waals surface area contributed by atoms with Crippen molar-refractivity contribution in [3.63, 3.8) is 0 Å². The maximum absolute atomic E-state index is 11.9. The summed E-state index contributed by atoms with van der Waals surface area (Å²) in [4.78, 5) is 11.9. The molecule has 1 fully saturated rings. The van der Waals surface area contributed by atoms with E-state index in [1.54, 1.807) is 0 Å². The first kappa shape index (κ1) is 13.0. The van der Waals surface area contributed by atoms with Crippen molar-refractivity contribution in [2.24, 2.45) is 5.92 Å². The molecule has 0 aromatic carbocycles. The minimum absolute atomic E-state index is 0.362. The molecule has 1 saturated carbocycles. The number of fused-ring (bicyclic) bond motifs is 1. The summed E-state index contributed by atoms with van der Waals surface area (Å²) in [6, 6.07) is 2.12. The molecule has 2 heteroatoms. The number of rotatable bonds is 3. The van der Waals surface area contributed by atoms with E-state index in [2.05, 4.69) is 17.6 Å². The van der Waals surface area contributed by atoms with E-state index in [1.807, 2.05) is 0 Å². The molecule has 0 amide bonds. The van der Waals surface area contributed by atoms with Crippen molar-refractivity contribution in [1.82, 2.24) is 4.57 Å². The van der Waals surface area contributed by atoms with Gasteiger partial charge in [-0.2, -0.15) is 0 Å². The summed E-state index contributed by atoms with van der Waals surface area (Å²) in [5.74, 6) is 1.28. The number of Topliss-reactive ketones (excluding diaryl/α,β-unsaturated/α-hetero) is 1. The average Bonchev–Trinajstić information content (AvgIpc) is 2.75. The number of hydrogen-bond acceptors (Lipinski definition) is 1. The Morgan fingerprint density at radius 3 is 2.74 bits per heavy atom. The van der Waals surface area contributed by atoms with Gasteiger partial charge in [0.1, 0.15) is 0 Å². The quantitative estimate of drug-likeness (QED) is 0.794.